The number of hydrogen-bond donors (Lipinski definition) is 0. The van der Waals surface area contributed by atoms with Crippen molar-refractivity contribution in [3.63, 3.8) is 0 Å². The van der Waals surface area contributed by atoms with E-state index < -0.39 is 11.7 Å². The molecule has 28 heavy (non-hydrogen) atoms. The average Bonchev–Trinajstić information content (AvgIpc) is 2.72. The highest BCUT2D eigenvalue weighted by Gasteiger charge is 2.30. The molecule has 0 heterocycles. The van der Waals surface area contributed by atoms with E-state index in [1.165, 1.54) is 44.1 Å². The Morgan fingerprint density at radius 3 is 2.18 bits per heavy atom. The van der Waals surface area contributed by atoms with Gasteiger partial charge < -0.3 is 0 Å². The summed E-state index contributed by atoms with van der Waals surface area (Å²) in [7, 11) is 0. The van der Waals surface area contributed by atoms with Gasteiger partial charge in [-0.15, -0.1) is 0 Å². The first kappa shape index (κ1) is 21.3. The molecule has 1 aromatic rings. The van der Waals surface area contributed by atoms with Crippen LogP contribution in [0.25, 0.3) is 5.57 Å². The summed E-state index contributed by atoms with van der Waals surface area (Å²) in [4.78, 5) is 0. The van der Waals surface area contributed by atoms with Gasteiger partial charge in [-0.1, -0.05) is 70.2 Å². The lowest BCUT2D eigenvalue weighted by Gasteiger charge is -2.32. The highest BCUT2D eigenvalue weighted by Crippen LogP contribution is 2.45. The lowest BCUT2D eigenvalue weighted by atomic mass is 9.74. The summed E-state index contributed by atoms with van der Waals surface area (Å²) < 4.78 is 29.9. The van der Waals surface area contributed by atoms with Crippen LogP contribution >= 0.6 is 0 Å². The Morgan fingerprint density at radius 1 is 0.821 bits per heavy atom. The van der Waals surface area contributed by atoms with Gasteiger partial charge in [-0.25, -0.2) is 8.78 Å². The summed E-state index contributed by atoms with van der Waals surface area (Å²) in [5, 5.41) is 0. The van der Waals surface area contributed by atoms with Crippen LogP contribution in [0.2, 0.25) is 0 Å². The second-order valence-electron chi connectivity index (χ2n) is 8.79. The van der Waals surface area contributed by atoms with Gasteiger partial charge in [0.1, 0.15) is 0 Å². The fraction of sp³-hybridized carbons (Fsp3) is 0.615. The van der Waals surface area contributed by atoms with E-state index in [1.54, 1.807) is 0 Å². The molecule has 0 unspecified atom stereocenters. The largest absolute Gasteiger partial charge is 0.204 e. The second-order valence-corrected chi connectivity index (χ2v) is 8.79. The number of halogens is 2. The zero-order valence-corrected chi connectivity index (χ0v) is 17.7. The third-order valence-electron chi connectivity index (χ3n) is 6.78. The molecule has 0 nitrogen and oxygen atoms in total. The van der Waals surface area contributed by atoms with E-state index in [4.69, 9.17) is 0 Å². The third-order valence-corrected chi connectivity index (χ3v) is 6.78. The van der Waals surface area contributed by atoms with Gasteiger partial charge in [-0.3, -0.25) is 0 Å². The summed E-state index contributed by atoms with van der Waals surface area (Å²) in [6.07, 6.45) is 13.1. The monoisotopic (exact) mass is 386 g/mol. The Bertz CT molecular complexity index is 688. The van der Waals surface area contributed by atoms with Crippen molar-refractivity contribution in [1.82, 2.24) is 0 Å². The summed E-state index contributed by atoms with van der Waals surface area (Å²) in [5.74, 6) is -0.0998. The molecule has 1 saturated carbocycles. The predicted octanol–water partition coefficient (Wildman–Crippen LogP) is 8.72. The van der Waals surface area contributed by atoms with Crippen molar-refractivity contribution in [3.8, 4) is 0 Å². The number of allylic oxidation sites excluding steroid dienone is 4. The van der Waals surface area contributed by atoms with Gasteiger partial charge in [-0.05, 0) is 79.1 Å². The fourth-order valence-electron chi connectivity index (χ4n) is 5.05. The number of unbranched alkanes of at least 4 members (excludes halogenated alkanes) is 2. The van der Waals surface area contributed by atoms with Crippen LogP contribution < -0.4 is 0 Å². The van der Waals surface area contributed by atoms with E-state index >= 15 is 0 Å². The first-order chi connectivity index (χ1) is 13.6. The summed E-state index contributed by atoms with van der Waals surface area (Å²) in [5.41, 5.74) is 3.41. The number of hydrogen-bond acceptors (Lipinski definition) is 0. The summed E-state index contributed by atoms with van der Waals surface area (Å²) in [6.45, 7) is 4.39. The van der Waals surface area contributed by atoms with E-state index in [2.05, 4.69) is 26.0 Å². The lowest BCUT2D eigenvalue weighted by Crippen LogP contribution is -2.18. The van der Waals surface area contributed by atoms with Gasteiger partial charge >= 0.3 is 0 Å². The molecule has 2 heteroatoms. The molecule has 1 fully saturated rings. The molecule has 0 aliphatic heterocycles. The first-order valence-electron chi connectivity index (χ1n) is 11.5. The molecule has 0 bridgehead atoms. The highest BCUT2D eigenvalue weighted by atomic mass is 19.2. The molecule has 154 valence electrons. The minimum absolute atomic E-state index is 0.252. The van der Waals surface area contributed by atoms with Crippen molar-refractivity contribution in [2.45, 2.75) is 90.9 Å². The highest BCUT2D eigenvalue weighted by molar-refractivity contribution is 5.72. The van der Waals surface area contributed by atoms with Crippen LogP contribution in [0.15, 0.2) is 41.5 Å². The minimum Gasteiger partial charge on any atom is -0.204 e. The molecular formula is C26H36F2. The maximum absolute atomic E-state index is 15.0. The van der Waals surface area contributed by atoms with Gasteiger partial charge in [0.25, 0.3) is 0 Å². The molecule has 0 radical (unpaired) electrons. The molecule has 0 N–H and O–H groups in total. The molecule has 0 atom stereocenters. The maximum atomic E-state index is 15.0. The Kier molecular flexibility index (Phi) is 7.88. The van der Waals surface area contributed by atoms with Gasteiger partial charge in [0.05, 0.1) is 0 Å². The zero-order valence-electron chi connectivity index (χ0n) is 17.7. The normalized spacial score (nSPS) is 23.4. The molecule has 0 spiro atoms. The Labute approximate surface area is 170 Å². The Balaban J connectivity index is 1.66. The molecule has 3 rings (SSSR count). The van der Waals surface area contributed by atoms with Crippen molar-refractivity contribution in [3.05, 3.63) is 52.6 Å². The minimum atomic E-state index is -0.602. The molecule has 1 aromatic carbocycles. The topological polar surface area (TPSA) is 0 Å². The van der Waals surface area contributed by atoms with Crippen LogP contribution in [0, 0.1) is 11.8 Å². The van der Waals surface area contributed by atoms with Crippen molar-refractivity contribution in [1.29, 1.82) is 0 Å². The predicted molar refractivity (Wildman–Crippen MR) is 115 cm³/mol. The van der Waals surface area contributed by atoms with Crippen molar-refractivity contribution in [2.75, 3.05) is 0 Å². The van der Waals surface area contributed by atoms with E-state index in [-0.39, 0.29) is 5.92 Å². The molecule has 0 amide bonds. The van der Waals surface area contributed by atoms with Crippen molar-refractivity contribution in [2.24, 2.45) is 11.8 Å². The van der Waals surface area contributed by atoms with E-state index in [9.17, 15) is 8.78 Å². The van der Waals surface area contributed by atoms with Crippen LogP contribution in [0.1, 0.15) is 95.6 Å². The van der Waals surface area contributed by atoms with Crippen molar-refractivity contribution < 1.29 is 8.78 Å². The SMILES string of the molecule is CCCCCC1CCC(C2=C(F)C(F)=C(c3ccc(CCC)cc3)CC2)CC1. The average molecular weight is 387 g/mol. The smallest absolute Gasteiger partial charge is 0.162 e. The molecule has 2 aliphatic rings. The third kappa shape index (κ3) is 5.13. The van der Waals surface area contributed by atoms with E-state index in [1.807, 2.05) is 12.1 Å². The zero-order chi connectivity index (χ0) is 19.9. The number of benzene rings is 1. The van der Waals surface area contributed by atoms with Gasteiger partial charge in [0.2, 0.25) is 0 Å². The van der Waals surface area contributed by atoms with Crippen molar-refractivity contribution >= 4 is 5.57 Å². The van der Waals surface area contributed by atoms with E-state index in [0.29, 0.717) is 18.4 Å². The fourth-order valence-corrected chi connectivity index (χ4v) is 5.05. The molecule has 2 aliphatic carbocycles. The second kappa shape index (κ2) is 10.4. The van der Waals surface area contributed by atoms with Crippen LogP contribution in [0.3, 0.4) is 0 Å². The molecule has 0 aromatic heterocycles. The molecule has 0 saturated heterocycles. The Hall–Kier alpha value is -1.44. The summed E-state index contributed by atoms with van der Waals surface area (Å²) >= 11 is 0. The number of aryl methyl sites for hydroxylation is 1. The van der Waals surface area contributed by atoms with Crippen LogP contribution in [-0.4, -0.2) is 0 Å². The number of rotatable bonds is 8. The van der Waals surface area contributed by atoms with Gasteiger partial charge in [-0.2, -0.15) is 0 Å². The standard InChI is InChI=1S/C26H36F2/c1-3-5-6-8-20-11-15-22(16-12-20)24-18-17-23(25(27)26(24)28)21-13-9-19(7-4-2)10-14-21/h9-10,13-14,20,22H,3-8,11-12,15-18H2,1-2H3. The summed E-state index contributed by atoms with van der Waals surface area (Å²) in [6, 6.07) is 8.02. The lowest BCUT2D eigenvalue weighted by molar-refractivity contribution is 0.274. The van der Waals surface area contributed by atoms with E-state index in [0.717, 1.165) is 42.7 Å². The van der Waals surface area contributed by atoms with Gasteiger partial charge in [0, 0.05) is 0 Å². The molecular weight excluding hydrogens is 350 g/mol. The van der Waals surface area contributed by atoms with Crippen LogP contribution in [0.4, 0.5) is 8.78 Å². The van der Waals surface area contributed by atoms with Crippen LogP contribution in [0.5, 0.6) is 0 Å². The van der Waals surface area contributed by atoms with Gasteiger partial charge in [0.15, 0.2) is 11.7 Å². The quantitative estimate of drug-likeness (QED) is 0.392. The first-order valence-corrected chi connectivity index (χ1v) is 11.5. The Morgan fingerprint density at radius 2 is 1.54 bits per heavy atom. The van der Waals surface area contributed by atoms with Crippen LogP contribution in [-0.2, 0) is 6.42 Å². The maximum Gasteiger partial charge on any atom is 0.162 e.